The summed E-state index contributed by atoms with van der Waals surface area (Å²) < 4.78 is 10.9. The van der Waals surface area contributed by atoms with Crippen molar-refractivity contribution >= 4 is 5.96 Å². The number of hydrogen-bond acceptors (Lipinski definition) is 4. The first kappa shape index (κ1) is 18.5. The third kappa shape index (κ3) is 4.88. The number of nitrogens with one attached hydrogen (secondary N) is 2. The monoisotopic (exact) mass is 364 g/mol. The Morgan fingerprint density at radius 2 is 1.85 bits per heavy atom. The fourth-order valence-electron chi connectivity index (χ4n) is 2.71. The molecule has 0 aliphatic rings. The number of rotatable bonds is 6. The highest BCUT2D eigenvalue weighted by atomic mass is 16.5. The standard InChI is InChI=1S/C21H24N4O2/c1-15-9-10-17(19(11-15)26-3)13-23-21(22-2)24-14-18-12-20(27-25-18)16-7-5-4-6-8-16/h4-12H,13-14H2,1-3H3,(H2,22,23,24). The second kappa shape index (κ2) is 8.89. The first-order valence-electron chi connectivity index (χ1n) is 8.78. The predicted molar refractivity (Wildman–Crippen MR) is 107 cm³/mol. The van der Waals surface area contributed by atoms with Gasteiger partial charge >= 0.3 is 0 Å². The van der Waals surface area contributed by atoms with Gasteiger partial charge in [0.1, 0.15) is 11.4 Å². The van der Waals surface area contributed by atoms with Crippen molar-refractivity contribution in [1.82, 2.24) is 15.8 Å². The third-order valence-electron chi connectivity index (χ3n) is 4.17. The lowest BCUT2D eigenvalue weighted by Gasteiger charge is -2.13. The van der Waals surface area contributed by atoms with Gasteiger partial charge < -0.3 is 19.9 Å². The number of hydrogen-bond donors (Lipinski definition) is 2. The van der Waals surface area contributed by atoms with Crippen LogP contribution < -0.4 is 15.4 Å². The van der Waals surface area contributed by atoms with Crippen LogP contribution in [-0.4, -0.2) is 25.3 Å². The molecule has 0 aliphatic heterocycles. The molecule has 0 radical (unpaired) electrons. The van der Waals surface area contributed by atoms with Gasteiger partial charge in [-0.05, 0) is 18.6 Å². The topological polar surface area (TPSA) is 71.7 Å². The molecule has 140 valence electrons. The molecule has 2 aromatic carbocycles. The number of aromatic nitrogens is 1. The summed E-state index contributed by atoms with van der Waals surface area (Å²) in [5.41, 5.74) is 4.05. The zero-order valence-electron chi connectivity index (χ0n) is 15.8. The van der Waals surface area contributed by atoms with E-state index >= 15 is 0 Å². The van der Waals surface area contributed by atoms with E-state index in [1.54, 1.807) is 14.2 Å². The van der Waals surface area contributed by atoms with Crippen LogP contribution in [-0.2, 0) is 13.1 Å². The molecule has 0 fully saturated rings. The summed E-state index contributed by atoms with van der Waals surface area (Å²) >= 11 is 0. The second-order valence-corrected chi connectivity index (χ2v) is 6.14. The fourth-order valence-corrected chi connectivity index (χ4v) is 2.71. The Kier molecular flexibility index (Phi) is 6.10. The smallest absolute Gasteiger partial charge is 0.191 e. The van der Waals surface area contributed by atoms with E-state index in [9.17, 15) is 0 Å². The minimum atomic E-state index is 0.515. The van der Waals surface area contributed by atoms with Crippen LogP contribution in [0.15, 0.2) is 64.1 Å². The molecule has 6 heteroatoms. The molecule has 0 saturated heterocycles. The number of aryl methyl sites for hydroxylation is 1. The highest BCUT2D eigenvalue weighted by molar-refractivity contribution is 5.79. The molecular weight excluding hydrogens is 340 g/mol. The largest absolute Gasteiger partial charge is 0.496 e. The summed E-state index contributed by atoms with van der Waals surface area (Å²) in [6.07, 6.45) is 0. The zero-order chi connectivity index (χ0) is 19.1. The predicted octanol–water partition coefficient (Wildman–Crippen LogP) is 3.52. The van der Waals surface area contributed by atoms with Crippen LogP contribution in [0.5, 0.6) is 5.75 Å². The quantitative estimate of drug-likeness (QED) is 0.517. The van der Waals surface area contributed by atoms with Crippen molar-refractivity contribution in [2.24, 2.45) is 4.99 Å². The first-order valence-corrected chi connectivity index (χ1v) is 8.78. The van der Waals surface area contributed by atoms with Crippen molar-refractivity contribution in [3.05, 3.63) is 71.4 Å². The Morgan fingerprint density at radius 3 is 2.59 bits per heavy atom. The summed E-state index contributed by atoms with van der Waals surface area (Å²) in [5.74, 6) is 2.29. The molecule has 1 aromatic heterocycles. The third-order valence-corrected chi connectivity index (χ3v) is 4.17. The van der Waals surface area contributed by atoms with E-state index in [0.717, 1.165) is 28.3 Å². The first-order chi connectivity index (χ1) is 13.2. The van der Waals surface area contributed by atoms with E-state index in [4.69, 9.17) is 9.26 Å². The van der Waals surface area contributed by atoms with Gasteiger partial charge in [0.15, 0.2) is 11.7 Å². The molecule has 27 heavy (non-hydrogen) atoms. The summed E-state index contributed by atoms with van der Waals surface area (Å²) in [5, 5.41) is 10.6. The summed E-state index contributed by atoms with van der Waals surface area (Å²) in [6, 6.07) is 18.0. The minimum absolute atomic E-state index is 0.515. The van der Waals surface area contributed by atoms with Crippen LogP contribution in [0.4, 0.5) is 0 Å². The highest BCUT2D eigenvalue weighted by Gasteiger charge is 2.08. The van der Waals surface area contributed by atoms with Crippen molar-refractivity contribution < 1.29 is 9.26 Å². The molecule has 1 heterocycles. The average Bonchev–Trinajstić information content (AvgIpc) is 3.18. The van der Waals surface area contributed by atoms with Gasteiger partial charge in [0.25, 0.3) is 0 Å². The zero-order valence-corrected chi connectivity index (χ0v) is 15.8. The molecule has 3 aromatic rings. The Labute approximate surface area is 159 Å². The Bertz CT molecular complexity index is 904. The van der Waals surface area contributed by atoms with Crippen molar-refractivity contribution in [1.29, 1.82) is 0 Å². The van der Waals surface area contributed by atoms with Crippen LogP contribution in [0.25, 0.3) is 11.3 Å². The Hall–Kier alpha value is -3.28. The Morgan fingerprint density at radius 1 is 1.07 bits per heavy atom. The lowest BCUT2D eigenvalue weighted by Crippen LogP contribution is -2.36. The summed E-state index contributed by atoms with van der Waals surface area (Å²) in [7, 11) is 3.42. The highest BCUT2D eigenvalue weighted by Crippen LogP contribution is 2.20. The van der Waals surface area contributed by atoms with E-state index in [1.165, 1.54) is 5.56 Å². The Balaban J connectivity index is 1.56. The van der Waals surface area contributed by atoms with Crippen LogP contribution in [0.2, 0.25) is 0 Å². The lowest BCUT2D eigenvalue weighted by molar-refractivity contribution is 0.408. The van der Waals surface area contributed by atoms with Crippen molar-refractivity contribution in [3.63, 3.8) is 0 Å². The van der Waals surface area contributed by atoms with E-state index in [0.29, 0.717) is 19.0 Å². The maximum atomic E-state index is 5.44. The van der Waals surface area contributed by atoms with Gasteiger partial charge in [-0.15, -0.1) is 0 Å². The maximum Gasteiger partial charge on any atom is 0.191 e. The van der Waals surface area contributed by atoms with Gasteiger partial charge in [0, 0.05) is 30.8 Å². The van der Waals surface area contributed by atoms with E-state index in [-0.39, 0.29) is 0 Å². The fraction of sp³-hybridized carbons (Fsp3) is 0.238. The minimum Gasteiger partial charge on any atom is -0.496 e. The molecule has 6 nitrogen and oxygen atoms in total. The van der Waals surface area contributed by atoms with Gasteiger partial charge in [0.05, 0.1) is 13.7 Å². The van der Waals surface area contributed by atoms with Crippen LogP contribution in [0.3, 0.4) is 0 Å². The van der Waals surface area contributed by atoms with Gasteiger partial charge in [-0.1, -0.05) is 47.6 Å². The SMILES string of the molecule is CN=C(NCc1cc(-c2ccccc2)on1)NCc1ccc(C)cc1OC. The number of ether oxygens (including phenoxy) is 1. The normalized spacial score (nSPS) is 11.3. The van der Waals surface area contributed by atoms with Crippen LogP contribution in [0.1, 0.15) is 16.8 Å². The van der Waals surface area contributed by atoms with Gasteiger partial charge in [-0.25, -0.2) is 0 Å². The molecule has 0 atom stereocenters. The average molecular weight is 364 g/mol. The number of methoxy groups -OCH3 is 1. The molecule has 0 unspecified atom stereocenters. The molecule has 0 spiro atoms. The number of guanidine groups is 1. The molecule has 0 aliphatic carbocycles. The van der Waals surface area contributed by atoms with Crippen molar-refractivity contribution in [2.75, 3.05) is 14.2 Å². The van der Waals surface area contributed by atoms with Crippen molar-refractivity contribution in [2.45, 2.75) is 20.0 Å². The number of nitrogens with zero attached hydrogens (tertiary/aromatic N) is 2. The van der Waals surface area contributed by atoms with E-state index in [1.807, 2.05) is 49.4 Å². The molecule has 0 bridgehead atoms. The van der Waals surface area contributed by atoms with Crippen LogP contribution in [0, 0.1) is 6.92 Å². The molecule has 3 rings (SSSR count). The second-order valence-electron chi connectivity index (χ2n) is 6.14. The maximum absolute atomic E-state index is 5.44. The van der Waals surface area contributed by atoms with Gasteiger partial charge in [0.2, 0.25) is 0 Å². The summed E-state index contributed by atoms with van der Waals surface area (Å²) in [6.45, 7) is 3.17. The van der Waals surface area contributed by atoms with E-state index in [2.05, 4.69) is 32.9 Å². The molecule has 0 amide bonds. The number of benzene rings is 2. The summed E-state index contributed by atoms with van der Waals surface area (Å²) in [4.78, 5) is 4.25. The molecule has 0 saturated carbocycles. The van der Waals surface area contributed by atoms with E-state index < -0.39 is 0 Å². The van der Waals surface area contributed by atoms with Crippen molar-refractivity contribution in [3.8, 4) is 17.1 Å². The lowest BCUT2D eigenvalue weighted by atomic mass is 10.1. The molecule has 2 N–H and O–H groups in total. The number of aliphatic imine (C=N–C) groups is 1. The van der Waals surface area contributed by atoms with Gasteiger partial charge in [-0.3, -0.25) is 4.99 Å². The molecular formula is C21H24N4O2. The van der Waals surface area contributed by atoms with Crippen LogP contribution >= 0.6 is 0 Å². The van der Waals surface area contributed by atoms with Gasteiger partial charge in [-0.2, -0.15) is 0 Å².